The Labute approximate surface area is 234 Å². The molecule has 0 unspecified atom stereocenters. The van der Waals surface area contributed by atoms with Crippen LogP contribution in [0.15, 0.2) is 65.3 Å². The second-order valence-electron chi connectivity index (χ2n) is 13.1. The molecule has 1 aromatic carbocycles. The lowest BCUT2D eigenvalue weighted by Gasteiger charge is -2.53. The van der Waals surface area contributed by atoms with Crippen molar-refractivity contribution in [1.29, 1.82) is 0 Å². The van der Waals surface area contributed by atoms with E-state index in [0.717, 1.165) is 11.1 Å². The number of Topliss-reactive ketones (excluding diaryl/α,β-unsaturated/α-hetero) is 1. The van der Waals surface area contributed by atoms with Crippen molar-refractivity contribution in [3.05, 3.63) is 70.8 Å². The maximum Gasteiger partial charge on any atom is 0.339 e. The highest BCUT2D eigenvalue weighted by atomic mass is 19.1. The van der Waals surface area contributed by atoms with Gasteiger partial charge in [-0.05, 0) is 95.6 Å². The van der Waals surface area contributed by atoms with Crippen LogP contribution in [0.1, 0.15) is 77.1 Å². The summed E-state index contributed by atoms with van der Waals surface area (Å²) in [6.07, 6.45) is 5.45. The zero-order valence-electron chi connectivity index (χ0n) is 23.8. The number of rotatable bonds is 5. The van der Waals surface area contributed by atoms with E-state index in [1.807, 2.05) is 19.9 Å². The van der Waals surface area contributed by atoms with Crippen LogP contribution < -0.4 is 0 Å². The van der Waals surface area contributed by atoms with Gasteiger partial charge in [-0.3, -0.25) is 14.4 Å². The molecule has 4 aliphatic carbocycles. The Kier molecular flexibility index (Phi) is 6.79. The van der Waals surface area contributed by atoms with Crippen LogP contribution >= 0.6 is 0 Å². The van der Waals surface area contributed by atoms with Gasteiger partial charge in [0.05, 0.1) is 11.0 Å². The number of hydrogen-bond acceptors (Lipinski definition) is 6. The van der Waals surface area contributed by atoms with Gasteiger partial charge < -0.3 is 9.47 Å². The largest absolute Gasteiger partial charge is 0.457 e. The van der Waals surface area contributed by atoms with Crippen molar-refractivity contribution in [3.63, 3.8) is 0 Å². The van der Waals surface area contributed by atoms with E-state index in [9.17, 15) is 19.2 Å². The summed E-state index contributed by atoms with van der Waals surface area (Å²) in [7, 11) is 0. The second-order valence-corrected chi connectivity index (χ2v) is 13.1. The van der Waals surface area contributed by atoms with Crippen molar-refractivity contribution in [2.24, 2.45) is 22.2 Å². The van der Waals surface area contributed by atoms with Crippen LogP contribution in [0.5, 0.6) is 0 Å². The van der Waals surface area contributed by atoms with E-state index < -0.39 is 52.3 Å². The first kappa shape index (κ1) is 28.2. The molecule has 0 saturated heterocycles. The summed E-state index contributed by atoms with van der Waals surface area (Å²) in [5, 5.41) is 0. The molecule has 1 fully saturated rings. The predicted octanol–water partition coefficient (Wildman–Crippen LogP) is 6.06. The van der Waals surface area contributed by atoms with Gasteiger partial charge in [-0.1, -0.05) is 42.3 Å². The first-order valence-corrected chi connectivity index (χ1v) is 14.0. The highest BCUT2D eigenvalue weighted by molar-refractivity contribution is 6.01. The van der Waals surface area contributed by atoms with Crippen LogP contribution in [0.2, 0.25) is 0 Å². The molecule has 5 atom stereocenters. The molecule has 212 valence electrons. The van der Waals surface area contributed by atoms with Crippen molar-refractivity contribution < 1.29 is 33.0 Å². The maximum absolute atomic E-state index is 16.5. The van der Waals surface area contributed by atoms with Gasteiger partial charge in [-0.15, -0.1) is 0 Å². The van der Waals surface area contributed by atoms with Crippen LogP contribution in [-0.2, 0) is 23.9 Å². The third kappa shape index (κ3) is 4.29. The van der Waals surface area contributed by atoms with Crippen LogP contribution in [0, 0.1) is 22.2 Å². The fourth-order valence-corrected chi connectivity index (χ4v) is 7.46. The van der Waals surface area contributed by atoms with Gasteiger partial charge in [0, 0.05) is 10.8 Å². The average molecular weight is 549 g/mol. The van der Waals surface area contributed by atoms with E-state index >= 15 is 4.39 Å². The number of carbonyl (C=O) groups excluding carboxylic acids is 4. The first-order chi connectivity index (χ1) is 18.7. The van der Waals surface area contributed by atoms with E-state index in [0.29, 0.717) is 24.8 Å². The molecule has 5 rings (SSSR count). The molecule has 0 aliphatic heterocycles. The number of esters is 2. The fraction of sp³-hybridized carbons (Fsp3) is 0.515. The number of hydrogen-bond donors (Lipinski definition) is 0. The van der Waals surface area contributed by atoms with E-state index in [1.165, 1.54) is 6.08 Å². The van der Waals surface area contributed by atoms with Crippen LogP contribution in [-0.4, -0.2) is 41.9 Å². The van der Waals surface area contributed by atoms with E-state index in [4.69, 9.17) is 9.47 Å². The maximum atomic E-state index is 16.5. The Bertz CT molecular complexity index is 1360. The number of benzene rings is 1. The van der Waals surface area contributed by atoms with Crippen LogP contribution in [0.25, 0.3) is 0 Å². The summed E-state index contributed by atoms with van der Waals surface area (Å²) in [5.41, 5.74) is -1.39. The number of alkyl halides is 1. The highest BCUT2D eigenvalue weighted by Gasteiger charge is 2.68. The zero-order chi connectivity index (χ0) is 29.1. The smallest absolute Gasteiger partial charge is 0.339 e. The summed E-state index contributed by atoms with van der Waals surface area (Å²) in [6, 6.07) is 8.42. The molecule has 4 aliphatic rings. The van der Waals surface area contributed by atoms with Gasteiger partial charge >= 0.3 is 11.9 Å². The summed E-state index contributed by atoms with van der Waals surface area (Å²) < 4.78 is 28.1. The molecule has 0 spiro atoms. The number of ether oxygens (including phenoxy) is 2. The number of fused-ring (bicyclic) bond motifs is 4. The van der Waals surface area contributed by atoms with Gasteiger partial charge in [0.2, 0.25) is 5.78 Å². The standard InChI is InChI=1S/C33H37FO6/c1-30(2,3)29(38)39-19-26(36)33(40-28(37)20-9-7-6-8-10-20)16-14-24-23-12-11-21-17-22(35)13-15-31(21,4)27(23)25(34)18-32(24,33)5/h6-10,13,15,17,24-25H,11-12,14,16,18-19H2,1-5H3/t24-,25-,31-,32-,33-/m0/s1. The molecule has 1 aromatic rings. The Morgan fingerprint density at radius 3 is 2.45 bits per heavy atom. The van der Waals surface area contributed by atoms with E-state index in [2.05, 4.69) is 0 Å². The molecule has 0 bridgehead atoms. The average Bonchev–Trinajstić information content (AvgIpc) is 3.19. The third-order valence-corrected chi connectivity index (χ3v) is 9.62. The lowest BCUT2D eigenvalue weighted by molar-refractivity contribution is -0.168. The molecular formula is C33H37FO6. The normalized spacial score (nSPS) is 33.0. The lowest BCUT2D eigenvalue weighted by Crippen LogP contribution is -2.58. The molecule has 0 N–H and O–H groups in total. The molecule has 0 amide bonds. The van der Waals surface area contributed by atoms with Gasteiger partial charge in [0.25, 0.3) is 0 Å². The number of ketones is 2. The fourth-order valence-electron chi connectivity index (χ4n) is 7.46. The summed E-state index contributed by atoms with van der Waals surface area (Å²) in [4.78, 5) is 52.1. The van der Waals surface area contributed by atoms with E-state index in [-0.39, 0.29) is 30.1 Å². The number of allylic oxidation sites excluding steroid dienone is 6. The van der Waals surface area contributed by atoms with E-state index in [1.54, 1.807) is 57.2 Å². The second kappa shape index (κ2) is 9.64. The minimum Gasteiger partial charge on any atom is -0.457 e. The van der Waals surface area contributed by atoms with Crippen molar-refractivity contribution >= 4 is 23.5 Å². The van der Waals surface area contributed by atoms with Gasteiger partial charge in [0.1, 0.15) is 6.17 Å². The Morgan fingerprint density at radius 2 is 1.77 bits per heavy atom. The molecule has 0 aromatic heterocycles. The van der Waals surface area contributed by atoms with Gasteiger partial charge in [0.15, 0.2) is 18.0 Å². The third-order valence-electron chi connectivity index (χ3n) is 9.62. The SMILES string of the molecule is CC(C)(C)C(=O)OCC(=O)[C@@]1(OC(=O)c2ccccc2)CC[C@H]2C3=C([C@@H](F)C[C@@]21C)[C@@]1(C)C=CC(=O)C=C1CC3. The number of carbonyl (C=O) groups is 4. The molecule has 7 heteroatoms. The summed E-state index contributed by atoms with van der Waals surface area (Å²) >= 11 is 0. The van der Waals surface area contributed by atoms with Crippen LogP contribution in [0.3, 0.4) is 0 Å². The lowest BCUT2D eigenvalue weighted by atomic mass is 9.53. The Morgan fingerprint density at radius 1 is 1.07 bits per heavy atom. The van der Waals surface area contributed by atoms with Gasteiger partial charge in [-0.2, -0.15) is 0 Å². The van der Waals surface area contributed by atoms with Crippen molar-refractivity contribution in [2.75, 3.05) is 6.61 Å². The molecular weight excluding hydrogens is 511 g/mol. The molecule has 1 saturated carbocycles. The quantitative estimate of drug-likeness (QED) is 0.328. The molecule has 40 heavy (non-hydrogen) atoms. The zero-order valence-corrected chi connectivity index (χ0v) is 23.8. The van der Waals surface area contributed by atoms with Gasteiger partial charge in [-0.25, -0.2) is 9.18 Å². The summed E-state index contributed by atoms with van der Waals surface area (Å²) in [5.74, 6) is -2.02. The first-order valence-electron chi connectivity index (χ1n) is 14.0. The monoisotopic (exact) mass is 548 g/mol. The van der Waals surface area contributed by atoms with Crippen LogP contribution in [0.4, 0.5) is 4.39 Å². The predicted molar refractivity (Wildman–Crippen MR) is 147 cm³/mol. The minimum absolute atomic E-state index is 0.0256. The van der Waals surface area contributed by atoms with Crippen molar-refractivity contribution in [2.45, 2.75) is 78.5 Å². The molecule has 0 heterocycles. The number of halogens is 1. The Balaban J connectivity index is 1.56. The molecule has 0 radical (unpaired) electrons. The Hall–Kier alpha value is -3.35. The highest BCUT2D eigenvalue weighted by Crippen LogP contribution is 2.66. The minimum atomic E-state index is -1.67. The van der Waals surface area contributed by atoms with Crippen molar-refractivity contribution in [3.8, 4) is 0 Å². The summed E-state index contributed by atoms with van der Waals surface area (Å²) in [6.45, 7) is 8.33. The topological polar surface area (TPSA) is 86.7 Å². The van der Waals surface area contributed by atoms with Crippen molar-refractivity contribution in [1.82, 2.24) is 0 Å². The molecule has 6 nitrogen and oxygen atoms in total.